The van der Waals surface area contributed by atoms with Crippen LogP contribution in [0.4, 0.5) is 0 Å². The Labute approximate surface area is 131 Å². The average molecular weight is 295 g/mol. The van der Waals surface area contributed by atoms with E-state index in [1.54, 1.807) is 18.2 Å². The summed E-state index contributed by atoms with van der Waals surface area (Å²) < 4.78 is 0. The number of hydrogen-bond acceptors (Lipinski definition) is 2. The van der Waals surface area contributed by atoms with Crippen molar-refractivity contribution < 1.29 is 9.90 Å². The van der Waals surface area contributed by atoms with Crippen molar-refractivity contribution in [1.82, 2.24) is 5.32 Å². The topological polar surface area (TPSA) is 49.3 Å². The molecule has 0 unspecified atom stereocenters. The lowest BCUT2D eigenvalue weighted by Crippen LogP contribution is -2.49. The Morgan fingerprint density at radius 2 is 1.91 bits per heavy atom. The van der Waals surface area contributed by atoms with E-state index in [1.807, 2.05) is 6.07 Å². The standard InChI is InChI=1S/C19H21NO2/c1-19(16-8-3-2-4-9-16)11-17(12-19)20-13-14-6-5-7-15(10-14)18(21)22/h2-10,17,20H,11-13H2,1H3,(H,21,22). The molecule has 3 rings (SSSR count). The molecule has 0 heterocycles. The first-order valence-corrected chi connectivity index (χ1v) is 7.68. The van der Waals surface area contributed by atoms with Crippen molar-refractivity contribution in [3.8, 4) is 0 Å². The average Bonchev–Trinajstić information content (AvgIpc) is 2.51. The van der Waals surface area contributed by atoms with Gasteiger partial charge in [-0.3, -0.25) is 0 Å². The second kappa shape index (κ2) is 5.93. The fourth-order valence-corrected chi connectivity index (χ4v) is 3.32. The minimum absolute atomic E-state index is 0.266. The van der Waals surface area contributed by atoms with Crippen molar-refractivity contribution in [2.75, 3.05) is 0 Å². The maximum Gasteiger partial charge on any atom is 0.335 e. The van der Waals surface area contributed by atoms with Crippen molar-refractivity contribution in [1.29, 1.82) is 0 Å². The number of benzene rings is 2. The number of carboxylic acids is 1. The number of nitrogens with one attached hydrogen (secondary N) is 1. The van der Waals surface area contributed by atoms with Crippen molar-refractivity contribution in [3.05, 3.63) is 71.3 Å². The quantitative estimate of drug-likeness (QED) is 0.886. The molecule has 2 aromatic carbocycles. The molecule has 0 radical (unpaired) electrons. The smallest absolute Gasteiger partial charge is 0.335 e. The molecule has 1 aliphatic carbocycles. The summed E-state index contributed by atoms with van der Waals surface area (Å²) in [5.74, 6) is -0.873. The summed E-state index contributed by atoms with van der Waals surface area (Å²) in [6.45, 7) is 3.03. The van der Waals surface area contributed by atoms with Crippen LogP contribution < -0.4 is 5.32 Å². The van der Waals surface area contributed by atoms with E-state index >= 15 is 0 Å². The summed E-state index contributed by atoms with van der Waals surface area (Å²) in [5.41, 5.74) is 3.04. The first kappa shape index (κ1) is 14.8. The Bertz CT molecular complexity index is 660. The summed E-state index contributed by atoms with van der Waals surface area (Å²) in [6, 6.07) is 18.3. The number of carboxylic acid groups (broad SMARTS) is 1. The Morgan fingerprint density at radius 1 is 1.18 bits per heavy atom. The van der Waals surface area contributed by atoms with Gasteiger partial charge in [-0.25, -0.2) is 4.79 Å². The van der Waals surface area contributed by atoms with Crippen LogP contribution in [0.3, 0.4) is 0 Å². The predicted molar refractivity (Wildman–Crippen MR) is 87.1 cm³/mol. The lowest BCUT2D eigenvalue weighted by molar-refractivity contribution is 0.0696. The molecule has 114 valence electrons. The zero-order valence-corrected chi connectivity index (χ0v) is 12.8. The van der Waals surface area contributed by atoms with E-state index in [1.165, 1.54) is 5.56 Å². The van der Waals surface area contributed by atoms with Crippen LogP contribution in [0.2, 0.25) is 0 Å². The Balaban J connectivity index is 1.55. The molecule has 0 atom stereocenters. The molecule has 0 amide bonds. The Hall–Kier alpha value is -2.13. The maximum absolute atomic E-state index is 11.0. The number of carbonyl (C=O) groups is 1. The molecule has 0 aromatic heterocycles. The summed E-state index contributed by atoms with van der Waals surface area (Å²) in [4.78, 5) is 11.0. The second-order valence-corrected chi connectivity index (χ2v) is 6.42. The van der Waals surface area contributed by atoms with Crippen molar-refractivity contribution in [2.24, 2.45) is 0 Å². The molecule has 3 heteroatoms. The summed E-state index contributed by atoms with van der Waals surface area (Å²) in [6.07, 6.45) is 2.24. The van der Waals surface area contributed by atoms with Gasteiger partial charge in [-0.2, -0.15) is 0 Å². The monoisotopic (exact) mass is 295 g/mol. The number of hydrogen-bond donors (Lipinski definition) is 2. The third kappa shape index (κ3) is 3.04. The first-order valence-electron chi connectivity index (χ1n) is 7.68. The van der Waals surface area contributed by atoms with Gasteiger partial charge in [-0.05, 0) is 41.5 Å². The minimum atomic E-state index is -0.873. The Morgan fingerprint density at radius 3 is 2.59 bits per heavy atom. The van der Waals surface area contributed by atoms with Gasteiger partial charge >= 0.3 is 5.97 Å². The molecule has 0 bridgehead atoms. The van der Waals surface area contributed by atoms with Crippen LogP contribution in [-0.2, 0) is 12.0 Å². The van der Waals surface area contributed by atoms with E-state index in [0.29, 0.717) is 11.6 Å². The highest BCUT2D eigenvalue weighted by Crippen LogP contribution is 2.43. The minimum Gasteiger partial charge on any atom is -0.478 e. The fraction of sp³-hybridized carbons (Fsp3) is 0.316. The van der Waals surface area contributed by atoms with Gasteiger partial charge in [0.1, 0.15) is 0 Å². The van der Waals surface area contributed by atoms with E-state index in [9.17, 15) is 4.79 Å². The van der Waals surface area contributed by atoms with Crippen LogP contribution in [0.1, 0.15) is 41.3 Å². The van der Waals surface area contributed by atoms with Gasteiger partial charge in [0.05, 0.1) is 5.56 Å². The number of aromatic carboxylic acids is 1. The third-order valence-corrected chi connectivity index (χ3v) is 4.63. The van der Waals surface area contributed by atoms with Gasteiger partial charge in [0, 0.05) is 12.6 Å². The van der Waals surface area contributed by atoms with Crippen LogP contribution >= 0.6 is 0 Å². The highest BCUT2D eigenvalue weighted by molar-refractivity contribution is 5.87. The molecule has 3 nitrogen and oxygen atoms in total. The van der Waals surface area contributed by atoms with E-state index in [0.717, 1.165) is 24.9 Å². The van der Waals surface area contributed by atoms with Crippen LogP contribution in [0, 0.1) is 0 Å². The fourth-order valence-electron chi connectivity index (χ4n) is 3.32. The largest absolute Gasteiger partial charge is 0.478 e. The molecule has 1 aliphatic rings. The molecule has 2 aromatic rings. The molecule has 1 saturated carbocycles. The van der Waals surface area contributed by atoms with E-state index in [4.69, 9.17) is 5.11 Å². The predicted octanol–water partition coefficient (Wildman–Crippen LogP) is 3.59. The zero-order chi connectivity index (χ0) is 15.6. The third-order valence-electron chi connectivity index (χ3n) is 4.63. The first-order chi connectivity index (χ1) is 10.6. The van der Waals surface area contributed by atoms with E-state index in [2.05, 4.69) is 42.6 Å². The molecule has 22 heavy (non-hydrogen) atoms. The molecule has 1 fully saturated rings. The number of rotatable bonds is 5. The van der Waals surface area contributed by atoms with Gasteiger partial charge in [0.2, 0.25) is 0 Å². The van der Waals surface area contributed by atoms with Crippen LogP contribution in [0.15, 0.2) is 54.6 Å². The summed E-state index contributed by atoms with van der Waals surface area (Å²) >= 11 is 0. The summed E-state index contributed by atoms with van der Waals surface area (Å²) in [5, 5.41) is 12.6. The molecular formula is C19H21NO2. The molecule has 0 spiro atoms. The van der Waals surface area contributed by atoms with Gasteiger partial charge in [-0.1, -0.05) is 49.4 Å². The SMILES string of the molecule is CC1(c2ccccc2)CC(NCc2cccc(C(=O)O)c2)C1. The lowest BCUT2D eigenvalue weighted by atomic mass is 9.63. The maximum atomic E-state index is 11.0. The molecule has 0 aliphatic heterocycles. The normalized spacial score (nSPS) is 23.8. The van der Waals surface area contributed by atoms with Gasteiger partial charge < -0.3 is 10.4 Å². The van der Waals surface area contributed by atoms with Crippen molar-refractivity contribution >= 4 is 5.97 Å². The molecule has 2 N–H and O–H groups in total. The van der Waals surface area contributed by atoms with Gasteiger partial charge in [-0.15, -0.1) is 0 Å². The van der Waals surface area contributed by atoms with Gasteiger partial charge in [0.25, 0.3) is 0 Å². The van der Waals surface area contributed by atoms with Crippen molar-refractivity contribution in [2.45, 2.75) is 37.8 Å². The van der Waals surface area contributed by atoms with Crippen LogP contribution in [0.25, 0.3) is 0 Å². The van der Waals surface area contributed by atoms with Crippen LogP contribution in [0.5, 0.6) is 0 Å². The molecular weight excluding hydrogens is 274 g/mol. The summed E-state index contributed by atoms with van der Waals surface area (Å²) in [7, 11) is 0. The zero-order valence-electron chi connectivity index (χ0n) is 12.8. The second-order valence-electron chi connectivity index (χ2n) is 6.42. The highest BCUT2D eigenvalue weighted by Gasteiger charge is 2.40. The van der Waals surface area contributed by atoms with Crippen LogP contribution in [-0.4, -0.2) is 17.1 Å². The van der Waals surface area contributed by atoms with E-state index in [-0.39, 0.29) is 5.41 Å². The van der Waals surface area contributed by atoms with Gasteiger partial charge in [0.15, 0.2) is 0 Å². The lowest BCUT2D eigenvalue weighted by Gasteiger charge is -2.46. The Kier molecular flexibility index (Phi) is 3.99. The highest BCUT2D eigenvalue weighted by atomic mass is 16.4. The van der Waals surface area contributed by atoms with Crippen molar-refractivity contribution in [3.63, 3.8) is 0 Å². The molecule has 0 saturated heterocycles. The van der Waals surface area contributed by atoms with E-state index < -0.39 is 5.97 Å².